The first kappa shape index (κ1) is 18.6. The van der Waals surface area contributed by atoms with E-state index in [1.165, 1.54) is 6.20 Å². The SMILES string of the molecule is O=c1[nH]ncc(N/N=C\c2cn(Cc3ccccc3)nc2-c2ccccc2)c1Cl. The molecule has 4 aromatic rings. The Labute approximate surface area is 171 Å². The van der Waals surface area contributed by atoms with E-state index >= 15 is 0 Å². The summed E-state index contributed by atoms with van der Waals surface area (Å²) in [6.07, 6.45) is 4.98. The topological polar surface area (TPSA) is 88.0 Å². The maximum absolute atomic E-state index is 11.5. The molecule has 0 radical (unpaired) electrons. The molecule has 2 aromatic heterocycles. The van der Waals surface area contributed by atoms with Gasteiger partial charge in [-0.05, 0) is 5.56 Å². The lowest BCUT2D eigenvalue weighted by atomic mass is 10.1. The smallest absolute Gasteiger partial charge is 0.275 e. The molecule has 0 amide bonds. The first-order valence-corrected chi connectivity index (χ1v) is 9.27. The first-order valence-electron chi connectivity index (χ1n) is 8.90. The van der Waals surface area contributed by atoms with Crippen molar-refractivity contribution >= 4 is 23.5 Å². The Morgan fingerprint density at radius 2 is 1.83 bits per heavy atom. The molecule has 29 heavy (non-hydrogen) atoms. The third-order valence-electron chi connectivity index (χ3n) is 4.21. The summed E-state index contributed by atoms with van der Waals surface area (Å²) < 4.78 is 1.88. The molecule has 2 heterocycles. The molecule has 0 aliphatic heterocycles. The van der Waals surface area contributed by atoms with Crippen LogP contribution in [0.1, 0.15) is 11.1 Å². The molecule has 0 unspecified atom stereocenters. The van der Waals surface area contributed by atoms with Crippen LogP contribution in [0.15, 0.2) is 83.0 Å². The molecular weight excluding hydrogens is 388 g/mol. The van der Waals surface area contributed by atoms with Crippen LogP contribution in [0.25, 0.3) is 11.3 Å². The molecule has 0 fully saturated rings. The van der Waals surface area contributed by atoms with Gasteiger partial charge in [0.15, 0.2) is 0 Å². The van der Waals surface area contributed by atoms with Crippen molar-refractivity contribution in [1.29, 1.82) is 0 Å². The molecule has 2 N–H and O–H groups in total. The van der Waals surface area contributed by atoms with Gasteiger partial charge >= 0.3 is 0 Å². The fourth-order valence-corrected chi connectivity index (χ4v) is 2.97. The zero-order chi connectivity index (χ0) is 20.1. The fourth-order valence-electron chi connectivity index (χ4n) is 2.84. The number of rotatable bonds is 6. The fraction of sp³-hybridized carbons (Fsp3) is 0.0476. The lowest BCUT2D eigenvalue weighted by molar-refractivity contribution is 0.689. The monoisotopic (exact) mass is 404 g/mol. The van der Waals surface area contributed by atoms with E-state index in [1.54, 1.807) is 6.21 Å². The van der Waals surface area contributed by atoms with Crippen LogP contribution in [-0.4, -0.2) is 26.2 Å². The molecular formula is C21H17ClN6O. The number of nitrogens with one attached hydrogen (secondary N) is 2. The van der Waals surface area contributed by atoms with Gasteiger partial charge in [-0.3, -0.25) is 14.9 Å². The molecule has 4 rings (SSSR count). The van der Waals surface area contributed by atoms with Gasteiger partial charge in [0.1, 0.15) is 16.4 Å². The summed E-state index contributed by atoms with van der Waals surface area (Å²) in [5.74, 6) is 0. The number of H-pyrrole nitrogens is 1. The van der Waals surface area contributed by atoms with Crippen LogP contribution < -0.4 is 11.0 Å². The van der Waals surface area contributed by atoms with Crippen molar-refractivity contribution in [3.05, 3.63) is 99.6 Å². The van der Waals surface area contributed by atoms with Crippen molar-refractivity contribution in [2.24, 2.45) is 5.10 Å². The lowest BCUT2D eigenvalue weighted by Crippen LogP contribution is -2.10. The maximum atomic E-state index is 11.5. The second kappa shape index (κ2) is 8.53. The van der Waals surface area contributed by atoms with E-state index < -0.39 is 5.56 Å². The normalized spacial score (nSPS) is 11.1. The number of aromatic nitrogens is 4. The van der Waals surface area contributed by atoms with Gasteiger partial charge in [-0.1, -0.05) is 72.3 Å². The van der Waals surface area contributed by atoms with Crippen LogP contribution in [-0.2, 0) is 6.54 Å². The average molecular weight is 405 g/mol. The summed E-state index contributed by atoms with van der Waals surface area (Å²) in [5, 5.41) is 14.9. The van der Waals surface area contributed by atoms with Gasteiger partial charge in [0.05, 0.1) is 19.0 Å². The summed E-state index contributed by atoms with van der Waals surface area (Å²) in [6.45, 7) is 0.645. The highest BCUT2D eigenvalue weighted by atomic mass is 35.5. The quantitative estimate of drug-likeness (QED) is 0.378. The Kier molecular flexibility index (Phi) is 5.49. The molecule has 0 bridgehead atoms. The summed E-state index contributed by atoms with van der Waals surface area (Å²) in [5.41, 5.74) is 6.37. The molecule has 0 atom stereocenters. The largest absolute Gasteiger partial charge is 0.285 e. The number of benzene rings is 2. The minimum atomic E-state index is -0.479. The summed E-state index contributed by atoms with van der Waals surface area (Å²) >= 11 is 5.96. The van der Waals surface area contributed by atoms with Crippen LogP contribution in [0.5, 0.6) is 0 Å². The predicted octanol–water partition coefficient (Wildman–Crippen LogP) is 3.78. The number of halogens is 1. The molecule has 0 spiro atoms. The minimum Gasteiger partial charge on any atom is -0.275 e. The van der Waals surface area contributed by atoms with E-state index in [-0.39, 0.29) is 5.02 Å². The average Bonchev–Trinajstić information content (AvgIpc) is 3.15. The van der Waals surface area contributed by atoms with Crippen molar-refractivity contribution < 1.29 is 0 Å². The van der Waals surface area contributed by atoms with Crippen LogP contribution in [0.2, 0.25) is 5.02 Å². The van der Waals surface area contributed by atoms with Crippen LogP contribution in [0, 0.1) is 0 Å². The number of nitrogens with zero attached hydrogens (tertiary/aromatic N) is 4. The van der Waals surface area contributed by atoms with E-state index in [0.29, 0.717) is 12.2 Å². The summed E-state index contributed by atoms with van der Waals surface area (Å²) in [4.78, 5) is 11.5. The van der Waals surface area contributed by atoms with Crippen molar-refractivity contribution in [1.82, 2.24) is 20.0 Å². The molecule has 144 valence electrons. The highest BCUT2D eigenvalue weighted by Crippen LogP contribution is 2.21. The van der Waals surface area contributed by atoms with Gasteiger partial charge in [-0.15, -0.1) is 0 Å². The Hall–Kier alpha value is -3.71. The van der Waals surface area contributed by atoms with Gasteiger partial charge in [0.25, 0.3) is 5.56 Å². The predicted molar refractivity (Wildman–Crippen MR) is 114 cm³/mol. The minimum absolute atomic E-state index is 0.000190. The lowest BCUT2D eigenvalue weighted by Gasteiger charge is -2.01. The molecule has 0 aliphatic carbocycles. The molecule has 7 nitrogen and oxygen atoms in total. The van der Waals surface area contributed by atoms with Gasteiger partial charge in [-0.25, -0.2) is 5.10 Å². The molecule has 0 aliphatic rings. The summed E-state index contributed by atoms with van der Waals surface area (Å²) in [7, 11) is 0. The van der Waals surface area contributed by atoms with Crippen LogP contribution in [0.4, 0.5) is 5.69 Å². The number of anilines is 1. The Morgan fingerprint density at radius 3 is 2.59 bits per heavy atom. The maximum Gasteiger partial charge on any atom is 0.285 e. The highest BCUT2D eigenvalue weighted by Gasteiger charge is 2.10. The van der Waals surface area contributed by atoms with E-state index in [9.17, 15) is 4.79 Å². The van der Waals surface area contributed by atoms with Crippen LogP contribution >= 0.6 is 11.6 Å². The van der Waals surface area contributed by atoms with Gasteiger partial charge in [0.2, 0.25) is 0 Å². The first-order chi connectivity index (χ1) is 14.2. The summed E-state index contributed by atoms with van der Waals surface area (Å²) in [6, 6.07) is 20.0. The van der Waals surface area contributed by atoms with E-state index in [4.69, 9.17) is 16.7 Å². The molecule has 0 saturated carbocycles. The van der Waals surface area contributed by atoms with E-state index in [1.807, 2.05) is 59.4 Å². The van der Waals surface area contributed by atoms with Gasteiger partial charge in [0, 0.05) is 17.3 Å². The molecule has 2 aromatic carbocycles. The van der Waals surface area contributed by atoms with Crippen molar-refractivity contribution in [3.8, 4) is 11.3 Å². The number of hydrogen-bond acceptors (Lipinski definition) is 5. The number of hydrazone groups is 1. The Bertz CT molecular complexity index is 1180. The highest BCUT2D eigenvalue weighted by molar-refractivity contribution is 6.32. The molecule has 0 saturated heterocycles. The number of hydrogen-bond donors (Lipinski definition) is 2. The zero-order valence-corrected chi connectivity index (χ0v) is 16.0. The van der Waals surface area contributed by atoms with Crippen molar-refractivity contribution in [2.45, 2.75) is 6.54 Å². The third kappa shape index (κ3) is 4.41. The van der Waals surface area contributed by atoms with E-state index in [0.717, 1.165) is 22.4 Å². The van der Waals surface area contributed by atoms with E-state index in [2.05, 4.69) is 32.9 Å². The third-order valence-corrected chi connectivity index (χ3v) is 4.58. The standard InChI is InChI=1S/C21H17ClN6O/c22-19-18(12-24-26-21(19)29)25-23-11-17-14-28(13-15-7-3-1-4-8-15)27-20(17)16-9-5-2-6-10-16/h1-12,14H,13H2,(H2,25,26,29)/b23-11-. The second-order valence-electron chi connectivity index (χ2n) is 6.28. The van der Waals surface area contributed by atoms with Crippen molar-refractivity contribution in [2.75, 3.05) is 5.43 Å². The van der Waals surface area contributed by atoms with Crippen molar-refractivity contribution in [3.63, 3.8) is 0 Å². The molecule has 8 heteroatoms. The van der Waals surface area contributed by atoms with Gasteiger partial charge < -0.3 is 0 Å². The Balaban J connectivity index is 1.63. The zero-order valence-electron chi connectivity index (χ0n) is 15.3. The van der Waals surface area contributed by atoms with Gasteiger partial charge in [-0.2, -0.15) is 15.3 Å². The Morgan fingerprint density at radius 1 is 1.10 bits per heavy atom. The van der Waals surface area contributed by atoms with Crippen LogP contribution in [0.3, 0.4) is 0 Å². The number of aromatic amines is 1. The second-order valence-corrected chi connectivity index (χ2v) is 6.66.